The van der Waals surface area contributed by atoms with Crippen molar-refractivity contribution in [3.05, 3.63) is 17.7 Å². The van der Waals surface area contributed by atoms with Crippen molar-refractivity contribution in [2.45, 2.75) is 32.7 Å². The molecule has 2 rings (SSSR count). The Labute approximate surface area is 79.0 Å². The summed E-state index contributed by atoms with van der Waals surface area (Å²) in [6.07, 6.45) is 5.37. The van der Waals surface area contributed by atoms with E-state index in [4.69, 9.17) is 5.73 Å². The van der Waals surface area contributed by atoms with Crippen LogP contribution in [0.2, 0.25) is 0 Å². The third-order valence-corrected chi connectivity index (χ3v) is 2.80. The Kier molecular flexibility index (Phi) is 2.36. The van der Waals surface area contributed by atoms with E-state index in [2.05, 4.69) is 16.5 Å². The Morgan fingerprint density at radius 1 is 1.69 bits per heavy atom. The summed E-state index contributed by atoms with van der Waals surface area (Å²) in [7, 11) is 0. The molecule has 1 aliphatic heterocycles. The van der Waals surface area contributed by atoms with Crippen LogP contribution in [0.15, 0.2) is 6.33 Å². The fourth-order valence-electron chi connectivity index (χ4n) is 2.05. The van der Waals surface area contributed by atoms with Gasteiger partial charge in [-0.15, -0.1) is 0 Å². The minimum atomic E-state index is 0.708. The summed E-state index contributed by atoms with van der Waals surface area (Å²) in [5, 5.41) is 0. The van der Waals surface area contributed by atoms with Crippen molar-refractivity contribution >= 4 is 0 Å². The predicted octanol–water partition coefficient (Wildman–Crippen LogP) is 0.967. The van der Waals surface area contributed by atoms with Gasteiger partial charge in [-0.2, -0.15) is 0 Å². The zero-order valence-corrected chi connectivity index (χ0v) is 8.16. The van der Waals surface area contributed by atoms with Gasteiger partial charge in [0.15, 0.2) is 0 Å². The molecule has 0 spiro atoms. The van der Waals surface area contributed by atoms with E-state index in [0.717, 1.165) is 18.9 Å². The first-order valence-corrected chi connectivity index (χ1v) is 5.04. The number of fused-ring (bicyclic) bond motifs is 1. The zero-order valence-electron chi connectivity index (χ0n) is 8.16. The summed E-state index contributed by atoms with van der Waals surface area (Å²) in [6.45, 7) is 4.14. The van der Waals surface area contributed by atoms with Crippen LogP contribution in [0.4, 0.5) is 0 Å². The van der Waals surface area contributed by atoms with Crippen LogP contribution in [-0.2, 0) is 19.4 Å². The Morgan fingerprint density at radius 3 is 3.31 bits per heavy atom. The SMILES string of the molecule is CC1CCc2c(CCN)ncn2C1. The van der Waals surface area contributed by atoms with Crippen molar-refractivity contribution in [3.8, 4) is 0 Å². The molecule has 72 valence electrons. The Bertz CT molecular complexity index is 277. The lowest BCUT2D eigenvalue weighted by molar-refractivity contribution is 0.398. The number of hydrogen-bond donors (Lipinski definition) is 1. The highest BCUT2D eigenvalue weighted by molar-refractivity contribution is 5.15. The van der Waals surface area contributed by atoms with Crippen LogP contribution >= 0.6 is 0 Å². The second-order valence-electron chi connectivity index (χ2n) is 3.97. The first-order valence-electron chi connectivity index (χ1n) is 5.04. The quantitative estimate of drug-likeness (QED) is 0.735. The molecule has 1 aromatic rings. The summed E-state index contributed by atoms with van der Waals surface area (Å²) < 4.78 is 2.29. The van der Waals surface area contributed by atoms with Gasteiger partial charge >= 0.3 is 0 Å². The molecule has 1 aliphatic rings. The Hall–Kier alpha value is -0.830. The molecule has 0 fully saturated rings. The van der Waals surface area contributed by atoms with Gasteiger partial charge in [0, 0.05) is 18.7 Å². The van der Waals surface area contributed by atoms with Gasteiger partial charge in [-0.05, 0) is 25.3 Å². The summed E-state index contributed by atoms with van der Waals surface area (Å²) in [5.74, 6) is 0.799. The fraction of sp³-hybridized carbons (Fsp3) is 0.700. The Balaban J connectivity index is 2.23. The number of nitrogens with zero attached hydrogens (tertiary/aromatic N) is 2. The summed E-state index contributed by atoms with van der Waals surface area (Å²) in [6, 6.07) is 0. The second kappa shape index (κ2) is 3.50. The van der Waals surface area contributed by atoms with E-state index >= 15 is 0 Å². The molecule has 1 unspecified atom stereocenters. The van der Waals surface area contributed by atoms with Gasteiger partial charge in [0.25, 0.3) is 0 Å². The predicted molar refractivity (Wildman–Crippen MR) is 52.5 cm³/mol. The van der Waals surface area contributed by atoms with Crippen LogP contribution in [0.1, 0.15) is 24.7 Å². The van der Waals surface area contributed by atoms with Gasteiger partial charge in [0.05, 0.1) is 12.0 Å². The number of imidazole rings is 1. The number of aromatic nitrogens is 2. The molecule has 13 heavy (non-hydrogen) atoms. The minimum absolute atomic E-state index is 0.708. The molecule has 0 aromatic carbocycles. The third-order valence-electron chi connectivity index (χ3n) is 2.80. The van der Waals surface area contributed by atoms with Crippen molar-refractivity contribution in [3.63, 3.8) is 0 Å². The second-order valence-corrected chi connectivity index (χ2v) is 3.97. The van der Waals surface area contributed by atoms with E-state index in [0.29, 0.717) is 6.54 Å². The van der Waals surface area contributed by atoms with Gasteiger partial charge in [-0.1, -0.05) is 6.92 Å². The summed E-state index contributed by atoms with van der Waals surface area (Å²) in [4.78, 5) is 4.40. The van der Waals surface area contributed by atoms with Crippen molar-refractivity contribution < 1.29 is 0 Å². The average molecular weight is 179 g/mol. The highest BCUT2D eigenvalue weighted by atomic mass is 15.1. The van der Waals surface area contributed by atoms with Gasteiger partial charge in [-0.3, -0.25) is 0 Å². The van der Waals surface area contributed by atoms with Crippen molar-refractivity contribution in [2.24, 2.45) is 11.7 Å². The van der Waals surface area contributed by atoms with Crippen LogP contribution in [0.5, 0.6) is 0 Å². The number of hydrogen-bond acceptors (Lipinski definition) is 2. The maximum absolute atomic E-state index is 5.53. The molecular formula is C10H17N3. The van der Waals surface area contributed by atoms with Crippen LogP contribution in [0.25, 0.3) is 0 Å². The van der Waals surface area contributed by atoms with Crippen LogP contribution in [0.3, 0.4) is 0 Å². The largest absolute Gasteiger partial charge is 0.334 e. The van der Waals surface area contributed by atoms with E-state index in [9.17, 15) is 0 Å². The maximum Gasteiger partial charge on any atom is 0.0951 e. The third kappa shape index (κ3) is 1.61. The van der Waals surface area contributed by atoms with Gasteiger partial charge in [-0.25, -0.2) is 4.98 Å². The highest BCUT2D eigenvalue weighted by Crippen LogP contribution is 2.21. The van der Waals surface area contributed by atoms with Crippen molar-refractivity contribution in [1.82, 2.24) is 9.55 Å². The van der Waals surface area contributed by atoms with E-state index in [1.54, 1.807) is 0 Å². The molecule has 1 aromatic heterocycles. The lowest BCUT2D eigenvalue weighted by Crippen LogP contribution is -2.18. The first kappa shape index (κ1) is 8.75. The van der Waals surface area contributed by atoms with E-state index in [-0.39, 0.29) is 0 Å². The molecule has 3 nitrogen and oxygen atoms in total. The summed E-state index contributed by atoms with van der Waals surface area (Å²) in [5.41, 5.74) is 8.17. The first-order chi connectivity index (χ1) is 6.31. The van der Waals surface area contributed by atoms with Gasteiger partial charge in [0.2, 0.25) is 0 Å². The molecule has 1 atom stereocenters. The van der Waals surface area contributed by atoms with E-state index in [1.807, 2.05) is 6.33 Å². The highest BCUT2D eigenvalue weighted by Gasteiger charge is 2.17. The molecule has 3 heteroatoms. The van der Waals surface area contributed by atoms with Crippen LogP contribution in [0, 0.1) is 5.92 Å². The van der Waals surface area contributed by atoms with Gasteiger partial charge < -0.3 is 10.3 Å². The fourth-order valence-corrected chi connectivity index (χ4v) is 2.05. The van der Waals surface area contributed by atoms with Crippen LogP contribution < -0.4 is 5.73 Å². The standard InChI is InChI=1S/C10H17N3/c1-8-2-3-10-9(4-5-11)12-7-13(10)6-8/h7-8H,2-6,11H2,1H3. The molecule has 0 saturated heterocycles. The lowest BCUT2D eigenvalue weighted by Gasteiger charge is -2.21. The Morgan fingerprint density at radius 2 is 2.54 bits per heavy atom. The number of rotatable bonds is 2. The molecule has 2 heterocycles. The van der Waals surface area contributed by atoms with Crippen molar-refractivity contribution in [2.75, 3.05) is 6.54 Å². The molecule has 0 radical (unpaired) electrons. The molecule has 0 saturated carbocycles. The molecule has 0 amide bonds. The average Bonchev–Trinajstić information content (AvgIpc) is 2.49. The summed E-state index contributed by atoms with van der Waals surface area (Å²) >= 11 is 0. The molecule has 2 N–H and O–H groups in total. The molecular weight excluding hydrogens is 162 g/mol. The molecule has 0 aliphatic carbocycles. The van der Waals surface area contributed by atoms with E-state index < -0.39 is 0 Å². The monoisotopic (exact) mass is 179 g/mol. The minimum Gasteiger partial charge on any atom is -0.334 e. The van der Waals surface area contributed by atoms with Gasteiger partial charge in [0.1, 0.15) is 0 Å². The van der Waals surface area contributed by atoms with E-state index in [1.165, 1.54) is 24.2 Å². The normalized spacial score (nSPS) is 21.5. The lowest BCUT2D eigenvalue weighted by atomic mass is 9.98. The maximum atomic E-state index is 5.53. The topological polar surface area (TPSA) is 43.8 Å². The smallest absolute Gasteiger partial charge is 0.0951 e. The van der Waals surface area contributed by atoms with Crippen molar-refractivity contribution in [1.29, 1.82) is 0 Å². The number of nitrogens with two attached hydrogens (primary N) is 1. The zero-order chi connectivity index (χ0) is 9.26. The molecule has 0 bridgehead atoms. The van der Waals surface area contributed by atoms with Crippen LogP contribution in [-0.4, -0.2) is 16.1 Å².